The number of amides is 1. The van der Waals surface area contributed by atoms with Crippen molar-refractivity contribution in [1.82, 2.24) is 14.6 Å². The Morgan fingerprint density at radius 3 is 2.41 bits per heavy atom. The molecule has 0 aliphatic heterocycles. The zero-order valence-corrected chi connectivity index (χ0v) is 15.9. The SMILES string of the molecule is O=C(Nc1ccccc1F)c1c(=O)[nH]n2c(=O)cc(-c3cc(Cl)cc(Cl)c3)[nH]c12. The van der Waals surface area contributed by atoms with Gasteiger partial charge in [0.05, 0.1) is 11.4 Å². The van der Waals surface area contributed by atoms with Crippen molar-refractivity contribution in [3.05, 3.63) is 90.7 Å². The van der Waals surface area contributed by atoms with E-state index in [1.54, 1.807) is 12.1 Å². The Hall–Kier alpha value is -3.36. The largest absolute Gasteiger partial charge is 0.339 e. The monoisotopic (exact) mass is 432 g/mol. The summed E-state index contributed by atoms with van der Waals surface area (Å²) >= 11 is 12.0. The van der Waals surface area contributed by atoms with E-state index in [0.29, 0.717) is 21.3 Å². The summed E-state index contributed by atoms with van der Waals surface area (Å²) in [5.41, 5.74) is -1.19. The number of aromatic nitrogens is 3. The fraction of sp³-hybridized carbons (Fsp3) is 0. The molecule has 29 heavy (non-hydrogen) atoms. The van der Waals surface area contributed by atoms with Gasteiger partial charge in [0.15, 0.2) is 5.65 Å². The average Bonchev–Trinajstić information content (AvgIpc) is 2.99. The van der Waals surface area contributed by atoms with Gasteiger partial charge in [-0.05, 0) is 30.3 Å². The number of H-pyrrole nitrogens is 2. The zero-order valence-electron chi connectivity index (χ0n) is 14.4. The number of nitrogens with zero attached hydrogens (tertiary/aromatic N) is 1. The molecule has 0 saturated heterocycles. The number of rotatable bonds is 3. The summed E-state index contributed by atoms with van der Waals surface area (Å²) in [6.07, 6.45) is 0. The van der Waals surface area contributed by atoms with Crippen LogP contribution >= 0.6 is 23.2 Å². The molecule has 7 nitrogen and oxygen atoms in total. The molecule has 0 atom stereocenters. The maximum absolute atomic E-state index is 13.8. The van der Waals surface area contributed by atoms with Crippen LogP contribution < -0.4 is 16.4 Å². The first-order valence-corrected chi connectivity index (χ1v) is 8.99. The van der Waals surface area contributed by atoms with Gasteiger partial charge in [0.1, 0.15) is 11.4 Å². The van der Waals surface area contributed by atoms with E-state index in [9.17, 15) is 18.8 Å². The van der Waals surface area contributed by atoms with Gasteiger partial charge in [-0.25, -0.2) is 4.39 Å². The van der Waals surface area contributed by atoms with Crippen LogP contribution in [0.15, 0.2) is 58.1 Å². The van der Waals surface area contributed by atoms with Crippen molar-refractivity contribution < 1.29 is 9.18 Å². The summed E-state index contributed by atoms with van der Waals surface area (Å²) < 4.78 is 14.7. The van der Waals surface area contributed by atoms with E-state index in [-0.39, 0.29) is 16.9 Å². The summed E-state index contributed by atoms with van der Waals surface area (Å²) in [7, 11) is 0. The molecule has 2 aromatic carbocycles. The fourth-order valence-corrected chi connectivity index (χ4v) is 3.42. The van der Waals surface area contributed by atoms with Crippen LogP contribution in [0.3, 0.4) is 0 Å². The number of carbonyl (C=O) groups is 1. The molecule has 0 spiro atoms. The van der Waals surface area contributed by atoms with Gasteiger partial charge in [0.2, 0.25) is 0 Å². The number of hydrogen-bond donors (Lipinski definition) is 3. The minimum absolute atomic E-state index is 0.0811. The van der Waals surface area contributed by atoms with E-state index in [1.165, 1.54) is 36.4 Å². The van der Waals surface area contributed by atoms with Crippen LogP contribution in [0.1, 0.15) is 10.4 Å². The molecule has 0 unspecified atom stereocenters. The number of aromatic amines is 2. The van der Waals surface area contributed by atoms with Crippen molar-refractivity contribution in [3.63, 3.8) is 0 Å². The molecule has 4 rings (SSSR count). The van der Waals surface area contributed by atoms with Crippen LogP contribution in [0.4, 0.5) is 10.1 Å². The molecule has 2 heterocycles. The van der Waals surface area contributed by atoms with Crippen molar-refractivity contribution in [3.8, 4) is 11.3 Å². The first-order chi connectivity index (χ1) is 13.8. The molecule has 10 heteroatoms. The Morgan fingerprint density at radius 2 is 1.72 bits per heavy atom. The van der Waals surface area contributed by atoms with Crippen molar-refractivity contribution >= 4 is 40.4 Å². The quantitative estimate of drug-likeness (QED) is 0.460. The standard InChI is InChI=1S/C19H11Cl2FN4O3/c20-10-5-9(6-11(21)7-10)14-8-15(27)26-17(23-14)16(19(29)25-26)18(28)24-13-4-2-1-3-12(13)22/h1-8,23H,(H,24,28)(H,25,29). The number of anilines is 1. The minimum Gasteiger partial charge on any atom is -0.339 e. The van der Waals surface area contributed by atoms with Crippen LogP contribution in [0.2, 0.25) is 10.0 Å². The third-order valence-corrected chi connectivity index (χ3v) is 4.60. The molecular weight excluding hydrogens is 422 g/mol. The molecule has 0 saturated carbocycles. The van der Waals surface area contributed by atoms with Gasteiger partial charge in [-0.15, -0.1) is 0 Å². The van der Waals surface area contributed by atoms with Crippen LogP contribution in [0.25, 0.3) is 16.9 Å². The van der Waals surface area contributed by atoms with Gasteiger partial charge in [0, 0.05) is 21.7 Å². The van der Waals surface area contributed by atoms with Gasteiger partial charge in [-0.2, -0.15) is 4.52 Å². The Morgan fingerprint density at radius 1 is 1.03 bits per heavy atom. The number of halogens is 3. The predicted octanol–water partition coefficient (Wildman–Crippen LogP) is 3.68. The number of para-hydroxylation sites is 1. The molecule has 0 radical (unpaired) electrons. The Kier molecular flexibility index (Phi) is 4.73. The van der Waals surface area contributed by atoms with Crippen LogP contribution in [0, 0.1) is 5.82 Å². The lowest BCUT2D eigenvalue weighted by Crippen LogP contribution is -2.20. The molecule has 2 aromatic heterocycles. The van der Waals surface area contributed by atoms with Crippen molar-refractivity contribution in [1.29, 1.82) is 0 Å². The highest BCUT2D eigenvalue weighted by atomic mass is 35.5. The zero-order chi connectivity index (χ0) is 20.7. The highest BCUT2D eigenvalue weighted by molar-refractivity contribution is 6.35. The van der Waals surface area contributed by atoms with Gasteiger partial charge in [0.25, 0.3) is 17.0 Å². The van der Waals surface area contributed by atoms with Gasteiger partial charge < -0.3 is 10.3 Å². The maximum Gasteiger partial charge on any atom is 0.279 e. The molecular formula is C19H11Cl2FN4O3. The lowest BCUT2D eigenvalue weighted by Gasteiger charge is -2.07. The smallest absolute Gasteiger partial charge is 0.279 e. The van der Waals surface area contributed by atoms with Crippen LogP contribution in [-0.2, 0) is 0 Å². The number of carbonyl (C=O) groups excluding carboxylic acids is 1. The lowest BCUT2D eigenvalue weighted by atomic mass is 10.1. The summed E-state index contributed by atoms with van der Waals surface area (Å²) in [6, 6.07) is 11.4. The van der Waals surface area contributed by atoms with E-state index < -0.39 is 22.8 Å². The second-order valence-electron chi connectivity index (χ2n) is 6.11. The fourth-order valence-electron chi connectivity index (χ4n) is 2.89. The Labute approximate surface area is 171 Å². The average molecular weight is 433 g/mol. The van der Waals surface area contributed by atoms with Crippen molar-refractivity contribution in [2.24, 2.45) is 0 Å². The van der Waals surface area contributed by atoms with Crippen LogP contribution in [0.5, 0.6) is 0 Å². The molecule has 0 fully saturated rings. The minimum atomic E-state index is -0.879. The molecule has 0 aliphatic rings. The van der Waals surface area contributed by atoms with Crippen molar-refractivity contribution in [2.45, 2.75) is 0 Å². The summed E-state index contributed by atoms with van der Waals surface area (Å²) in [5, 5.41) is 5.31. The second-order valence-corrected chi connectivity index (χ2v) is 6.99. The summed E-state index contributed by atoms with van der Waals surface area (Å²) in [5.74, 6) is -1.54. The lowest BCUT2D eigenvalue weighted by molar-refractivity contribution is 0.102. The first-order valence-electron chi connectivity index (χ1n) is 8.24. The molecule has 3 N–H and O–H groups in total. The van der Waals surface area contributed by atoms with E-state index in [2.05, 4.69) is 15.4 Å². The molecule has 0 bridgehead atoms. The van der Waals surface area contributed by atoms with E-state index >= 15 is 0 Å². The second kappa shape index (κ2) is 7.23. The number of benzene rings is 2. The molecule has 1 amide bonds. The van der Waals surface area contributed by atoms with E-state index in [1.807, 2.05) is 0 Å². The highest BCUT2D eigenvalue weighted by Crippen LogP contribution is 2.26. The third-order valence-electron chi connectivity index (χ3n) is 4.16. The molecule has 4 aromatic rings. The van der Waals surface area contributed by atoms with E-state index in [0.717, 1.165) is 4.52 Å². The van der Waals surface area contributed by atoms with Crippen LogP contribution in [-0.4, -0.2) is 20.5 Å². The Bertz CT molecular complexity index is 1370. The first kappa shape index (κ1) is 19.0. The summed E-state index contributed by atoms with van der Waals surface area (Å²) in [4.78, 5) is 40.3. The highest BCUT2D eigenvalue weighted by Gasteiger charge is 2.21. The molecule has 0 aliphatic carbocycles. The number of fused-ring (bicyclic) bond motifs is 1. The number of nitrogens with one attached hydrogen (secondary N) is 3. The van der Waals surface area contributed by atoms with Gasteiger partial charge in [-0.1, -0.05) is 35.3 Å². The normalized spacial score (nSPS) is 11.0. The number of hydrogen-bond acceptors (Lipinski definition) is 3. The maximum atomic E-state index is 13.8. The Balaban J connectivity index is 1.87. The summed E-state index contributed by atoms with van der Waals surface area (Å²) in [6.45, 7) is 0. The topological polar surface area (TPSA) is 99.2 Å². The van der Waals surface area contributed by atoms with Gasteiger partial charge >= 0.3 is 0 Å². The predicted molar refractivity (Wildman–Crippen MR) is 108 cm³/mol. The van der Waals surface area contributed by atoms with Crippen molar-refractivity contribution in [2.75, 3.05) is 5.32 Å². The van der Waals surface area contributed by atoms with Gasteiger partial charge in [-0.3, -0.25) is 19.5 Å². The van der Waals surface area contributed by atoms with E-state index in [4.69, 9.17) is 23.2 Å². The third kappa shape index (κ3) is 3.55. The molecule has 146 valence electrons.